The quantitative estimate of drug-likeness (QED) is 0.281. The molecule has 10 heteroatoms. The van der Waals surface area contributed by atoms with E-state index >= 15 is 0 Å². The van der Waals surface area contributed by atoms with Crippen LogP contribution in [0.5, 0.6) is 5.75 Å². The number of rotatable bonds is 2. The minimum atomic E-state index is -4.81. The lowest BCUT2D eigenvalue weighted by Gasteiger charge is -2.27. The highest BCUT2D eigenvalue weighted by Gasteiger charge is 2.53. The second-order valence-electron chi connectivity index (χ2n) is 8.88. The van der Waals surface area contributed by atoms with Gasteiger partial charge in [-0.2, -0.15) is 18.4 Å². The largest absolute Gasteiger partial charge is 0.508 e. The fourth-order valence-electron chi connectivity index (χ4n) is 3.54. The minimum Gasteiger partial charge on any atom is -0.508 e. The van der Waals surface area contributed by atoms with E-state index in [0.29, 0.717) is 16.7 Å². The van der Waals surface area contributed by atoms with Crippen molar-refractivity contribution >= 4 is 29.0 Å². The number of hydrogen-bond donors (Lipinski definition) is 1. The van der Waals surface area contributed by atoms with Gasteiger partial charge in [0.25, 0.3) is 5.91 Å². The van der Waals surface area contributed by atoms with Gasteiger partial charge in [0, 0.05) is 53.1 Å². The van der Waals surface area contributed by atoms with Crippen molar-refractivity contribution in [2.45, 2.75) is 32.5 Å². The smallest absolute Gasteiger partial charge is 0.407 e. The van der Waals surface area contributed by atoms with Gasteiger partial charge in [-0.05, 0) is 98.6 Å². The molecule has 0 spiro atoms. The van der Waals surface area contributed by atoms with Crippen molar-refractivity contribution in [3.8, 4) is 107 Å². The minimum absolute atomic E-state index is 0.0408. The molecule has 1 heterocycles. The Kier molecular flexibility index (Phi) is 12.8. The number of amides is 3. The molecule has 1 aliphatic rings. The molecular formula is C37H17F3N4O3. The number of urea groups is 1. The Morgan fingerprint density at radius 1 is 0.766 bits per heavy atom. The van der Waals surface area contributed by atoms with Crippen molar-refractivity contribution in [3.05, 3.63) is 59.4 Å². The van der Waals surface area contributed by atoms with Gasteiger partial charge >= 0.3 is 12.2 Å². The number of alkyl halides is 3. The average Bonchev–Trinajstić information content (AvgIpc) is 3.21. The fraction of sp³-hybridized carbons (Fsp3) is 0.135. The third-order valence-electron chi connectivity index (χ3n) is 5.50. The number of imide groups is 1. The lowest BCUT2D eigenvalue weighted by atomic mass is 10.0. The standard InChI is InChI=1S/C19H14F3N3O3.C18H3N/c1-18(2)16(27)24(17(28)25(18)11-4-7-13(26)8-5-11)12-6-9-15(23-3)14(10-12)19(20,21)22;1-2-3-4-5-6-7-8-9-10-11-12-13-14-15-16-17-18-19/h4-10,26H,1-2H3;1H3. The van der Waals surface area contributed by atoms with Gasteiger partial charge in [0.2, 0.25) is 0 Å². The first kappa shape index (κ1) is 35.6. The van der Waals surface area contributed by atoms with Crippen LogP contribution in [-0.2, 0) is 11.0 Å². The van der Waals surface area contributed by atoms with Gasteiger partial charge in [0.15, 0.2) is 11.8 Å². The summed E-state index contributed by atoms with van der Waals surface area (Å²) in [6, 6.07) is 9.00. The summed E-state index contributed by atoms with van der Waals surface area (Å²) in [5.41, 5.74) is -3.18. The molecular weight excluding hydrogens is 605 g/mol. The average molecular weight is 623 g/mol. The molecule has 1 fully saturated rings. The number of hydrogen-bond acceptors (Lipinski definition) is 4. The normalized spacial score (nSPS) is 11.3. The number of nitrogens with zero attached hydrogens (tertiary/aromatic N) is 4. The summed E-state index contributed by atoms with van der Waals surface area (Å²) in [7, 11) is 0. The summed E-state index contributed by atoms with van der Waals surface area (Å²) < 4.78 is 39.8. The van der Waals surface area contributed by atoms with Crippen LogP contribution >= 0.6 is 0 Å². The van der Waals surface area contributed by atoms with Crippen LogP contribution in [0.2, 0.25) is 0 Å². The van der Waals surface area contributed by atoms with Gasteiger partial charge in [-0.3, -0.25) is 9.69 Å². The Morgan fingerprint density at radius 2 is 1.21 bits per heavy atom. The third-order valence-corrected chi connectivity index (χ3v) is 5.50. The van der Waals surface area contributed by atoms with Gasteiger partial charge in [-0.1, -0.05) is 12.0 Å². The van der Waals surface area contributed by atoms with Gasteiger partial charge in [0.05, 0.1) is 17.8 Å². The molecule has 0 saturated carbocycles. The molecule has 0 unspecified atom stereocenters. The Labute approximate surface area is 270 Å². The van der Waals surface area contributed by atoms with Crippen LogP contribution in [0.25, 0.3) is 4.85 Å². The molecule has 1 saturated heterocycles. The summed E-state index contributed by atoms with van der Waals surface area (Å²) in [6.07, 6.45) is -4.81. The van der Waals surface area contributed by atoms with Crippen LogP contribution in [0.4, 0.5) is 35.0 Å². The maximum atomic E-state index is 13.3. The molecule has 0 atom stereocenters. The molecule has 0 aromatic heterocycles. The zero-order valence-corrected chi connectivity index (χ0v) is 24.7. The Morgan fingerprint density at radius 3 is 1.64 bits per heavy atom. The van der Waals surface area contributed by atoms with Crippen molar-refractivity contribution in [1.82, 2.24) is 0 Å². The molecule has 3 rings (SSSR count). The summed E-state index contributed by atoms with van der Waals surface area (Å²) in [5.74, 6) is 38.3. The second-order valence-corrected chi connectivity index (χ2v) is 8.88. The van der Waals surface area contributed by atoms with Gasteiger partial charge < -0.3 is 5.11 Å². The molecule has 0 aliphatic carbocycles. The zero-order valence-electron chi connectivity index (χ0n) is 24.7. The van der Waals surface area contributed by atoms with Gasteiger partial charge in [-0.25, -0.2) is 14.5 Å². The van der Waals surface area contributed by atoms with Crippen LogP contribution in [0.1, 0.15) is 26.3 Å². The molecule has 47 heavy (non-hydrogen) atoms. The zero-order chi connectivity index (χ0) is 34.9. The lowest BCUT2D eigenvalue weighted by molar-refractivity contribution is -0.136. The molecule has 1 N–H and O–H groups in total. The van der Waals surface area contributed by atoms with Crippen molar-refractivity contribution in [3.63, 3.8) is 0 Å². The van der Waals surface area contributed by atoms with Gasteiger partial charge in [0.1, 0.15) is 11.3 Å². The van der Waals surface area contributed by atoms with Crippen molar-refractivity contribution in [2.24, 2.45) is 0 Å². The number of carbonyl (C=O) groups excluding carboxylic acids is 2. The van der Waals surface area contributed by atoms with E-state index in [4.69, 9.17) is 11.8 Å². The fourth-order valence-corrected chi connectivity index (χ4v) is 3.54. The lowest BCUT2D eigenvalue weighted by Crippen LogP contribution is -2.44. The molecule has 7 nitrogen and oxygen atoms in total. The van der Waals surface area contributed by atoms with E-state index in [1.54, 1.807) is 13.0 Å². The molecule has 224 valence electrons. The number of anilines is 2. The number of benzene rings is 2. The highest BCUT2D eigenvalue weighted by molar-refractivity contribution is 6.30. The van der Waals surface area contributed by atoms with E-state index in [-0.39, 0.29) is 11.4 Å². The van der Waals surface area contributed by atoms with Crippen LogP contribution < -0.4 is 9.80 Å². The van der Waals surface area contributed by atoms with Gasteiger partial charge in [-0.15, -0.1) is 0 Å². The van der Waals surface area contributed by atoms with E-state index in [2.05, 4.69) is 99.6 Å². The number of carbonyl (C=O) groups is 2. The number of phenolic OH excluding ortho intramolecular Hbond substituents is 1. The summed E-state index contributed by atoms with van der Waals surface area (Å²) >= 11 is 0. The maximum Gasteiger partial charge on any atom is 0.407 e. The van der Waals surface area contributed by atoms with E-state index in [9.17, 15) is 27.9 Å². The number of aromatic hydroxyl groups is 1. The molecule has 1 aliphatic heterocycles. The molecule has 0 bridgehead atoms. The molecule has 2 aromatic carbocycles. The van der Waals surface area contributed by atoms with Crippen LogP contribution in [-0.4, -0.2) is 22.6 Å². The van der Waals surface area contributed by atoms with Crippen LogP contribution in [0, 0.1) is 113 Å². The summed E-state index contributed by atoms with van der Waals surface area (Å²) in [5, 5.41) is 17.5. The number of phenols is 1. The highest BCUT2D eigenvalue weighted by atomic mass is 19.4. The predicted molar refractivity (Wildman–Crippen MR) is 169 cm³/mol. The topological polar surface area (TPSA) is 89.0 Å². The van der Waals surface area contributed by atoms with E-state index in [1.807, 2.05) is 0 Å². The summed E-state index contributed by atoms with van der Waals surface area (Å²) in [4.78, 5) is 30.5. The summed E-state index contributed by atoms with van der Waals surface area (Å²) in [6.45, 7) is 11.5. The van der Waals surface area contributed by atoms with Crippen molar-refractivity contribution in [1.29, 1.82) is 5.26 Å². The van der Waals surface area contributed by atoms with Crippen molar-refractivity contribution < 1.29 is 27.9 Å². The SMILES string of the molecule is CC#CC#CC#CC#CC#CC#CC#CC#CC#N.[C-]#[N+]c1ccc(N2C(=O)N(c3ccc(O)cc3)C(C)(C)C2=O)cc1C(F)(F)F. The molecule has 0 radical (unpaired) electrons. The van der Waals surface area contributed by atoms with E-state index < -0.39 is 34.9 Å². The first-order chi connectivity index (χ1) is 22.4. The second kappa shape index (κ2) is 16.9. The van der Waals surface area contributed by atoms with Crippen LogP contribution in [0.3, 0.4) is 0 Å². The first-order valence-corrected chi connectivity index (χ1v) is 12.8. The number of halogens is 3. The molecule has 3 amide bonds. The molecule has 2 aromatic rings. The third kappa shape index (κ3) is 10.00. The Bertz CT molecular complexity index is 2200. The van der Waals surface area contributed by atoms with E-state index in [1.165, 1.54) is 38.1 Å². The number of nitriles is 1. The highest BCUT2D eigenvalue weighted by Crippen LogP contribution is 2.41. The Hall–Kier alpha value is -7.57. The maximum absolute atomic E-state index is 13.3. The van der Waals surface area contributed by atoms with E-state index in [0.717, 1.165) is 17.0 Å². The first-order valence-electron chi connectivity index (χ1n) is 12.8. The van der Waals surface area contributed by atoms with Crippen molar-refractivity contribution in [2.75, 3.05) is 9.80 Å². The Balaban J connectivity index is 0.000000355. The predicted octanol–water partition coefficient (Wildman–Crippen LogP) is 5.27. The monoisotopic (exact) mass is 622 g/mol. The van der Waals surface area contributed by atoms with Crippen LogP contribution in [0.15, 0.2) is 42.5 Å².